The monoisotopic (exact) mass is 297 g/mol. The highest BCUT2D eigenvalue weighted by atomic mass is 35.5. The van der Waals surface area contributed by atoms with Crippen molar-refractivity contribution in [1.82, 2.24) is 0 Å². The zero-order valence-corrected chi connectivity index (χ0v) is 12.2. The molecule has 5 heteroatoms. The lowest BCUT2D eigenvalue weighted by atomic mass is 9.76. The molecule has 1 saturated heterocycles. The molecule has 0 radical (unpaired) electrons. The Kier molecular flexibility index (Phi) is 3.39. The number of carbonyl (C=O) groups is 1. The Bertz CT molecular complexity index is 522. The van der Waals surface area contributed by atoms with E-state index in [1.54, 1.807) is 0 Å². The van der Waals surface area contributed by atoms with E-state index in [1.807, 2.05) is 37.0 Å². The summed E-state index contributed by atoms with van der Waals surface area (Å²) in [5, 5.41) is 10.3. The lowest BCUT2D eigenvalue weighted by Gasteiger charge is -2.47. The molecule has 1 aromatic carbocycles. The molecule has 3 nitrogen and oxygen atoms in total. The van der Waals surface area contributed by atoms with Crippen molar-refractivity contribution in [2.75, 3.05) is 23.5 Å². The summed E-state index contributed by atoms with van der Waals surface area (Å²) >= 11 is 8.16. The van der Waals surface area contributed by atoms with Gasteiger partial charge in [-0.2, -0.15) is 11.8 Å². The number of para-hydroxylation sites is 1. The summed E-state index contributed by atoms with van der Waals surface area (Å²) in [7, 11) is 2.04. The second-order valence-electron chi connectivity index (χ2n) is 5.20. The van der Waals surface area contributed by atoms with Gasteiger partial charge in [0.05, 0.1) is 16.6 Å². The van der Waals surface area contributed by atoms with E-state index in [2.05, 4.69) is 4.90 Å². The first-order chi connectivity index (χ1) is 9.11. The lowest BCUT2D eigenvalue weighted by Crippen LogP contribution is -2.50. The van der Waals surface area contributed by atoms with E-state index in [0.29, 0.717) is 5.02 Å². The number of carboxylic acids is 1. The van der Waals surface area contributed by atoms with Gasteiger partial charge in [0.2, 0.25) is 0 Å². The zero-order chi connectivity index (χ0) is 13.6. The minimum atomic E-state index is -0.728. The van der Waals surface area contributed by atoms with Crippen LogP contribution in [0.4, 0.5) is 5.69 Å². The maximum Gasteiger partial charge on any atom is 0.311 e. The Morgan fingerprint density at radius 2 is 2.32 bits per heavy atom. The van der Waals surface area contributed by atoms with Crippen molar-refractivity contribution in [2.45, 2.75) is 18.4 Å². The van der Waals surface area contributed by atoms with Crippen molar-refractivity contribution in [1.29, 1.82) is 0 Å². The van der Waals surface area contributed by atoms with Crippen molar-refractivity contribution in [2.24, 2.45) is 5.92 Å². The topological polar surface area (TPSA) is 40.5 Å². The van der Waals surface area contributed by atoms with E-state index < -0.39 is 11.9 Å². The summed E-state index contributed by atoms with van der Waals surface area (Å²) in [5.74, 6) is 1.03. The van der Waals surface area contributed by atoms with Gasteiger partial charge < -0.3 is 10.0 Å². The number of thioether (sulfide) groups is 1. The van der Waals surface area contributed by atoms with Crippen LogP contribution in [-0.2, 0) is 4.79 Å². The number of rotatable bonds is 1. The fourth-order valence-electron chi connectivity index (χ4n) is 3.42. The van der Waals surface area contributed by atoms with E-state index in [4.69, 9.17) is 11.6 Å². The van der Waals surface area contributed by atoms with Gasteiger partial charge >= 0.3 is 5.97 Å². The van der Waals surface area contributed by atoms with Crippen LogP contribution in [0.25, 0.3) is 0 Å². The van der Waals surface area contributed by atoms with Crippen LogP contribution in [0.5, 0.6) is 0 Å². The Hall–Kier alpha value is -0.870. The molecular weight excluding hydrogens is 282 g/mol. The molecule has 1 aromatic rings. The molecule has 3 rings (SSSR count). The third-order valence-electron chi connectivity index (χ3n) is 4.26. The standard InChI is InChI=1S/C14H16ClNO2S/c1-16-11-5-6-19-7-9(11)12(14(17)18)8-3-2-4-10(15)13(8)16/h2-4,9,11-12H,5-7H2,1H3,(H,17,18). The SMILES string of the molecule is CN1c2c(Cl)cccc2C(C(=O)O)C2CSCCC21. The maximum atomic E-state index is 11.7. The average molecular weight is 298 g/mol. The van der Waals surface area contributed by atoms with Crippen LogP contribution in [0.1, 0.15) is 17.9 Å². The zero-order valence-electron chi connectivity index (χ0n) is 10.7. The number of nitrogens with zero attached hydrogens (tertiary/aromatic N) is 1. The molecule has 0 aliphatic carbocycles. The smallest absolute Gasteiger partial charge is 0.311 e. The molecule has 1 fully saturated rings. The number of aliphatic carboxylic acids is 1. The number of anilines is 1. The molecule has 3 atom stereocenters. The number of halogens is 1. The number of benzene rings is 1. The number of fused-ring (bicyclic) bond motifs is 2. The molecule has 0 saturated carbocycles. The van der Waals surface area contributed by atoms with Crippen LogP contribution in [0.3, 0.4) is 0 Å². The largest absolute Gasteiger partial charge is 0.481 e. The quantitative estimate of drug-likeness (QED) is 0.865. The molecular formula is C14H16ClNO2S. The Morgan fingerprint density at radius 1 is 1.53 bits per heavy atom. The van der Waals surface area contributed by atoms with Gasteiger partial charge in [-0.1, -0.05) is 23.7 Å². The van der Waals surface area contributed by atoms with Gasteiger partial charge in [-0.25, -0.2) is 0 Å². The summed E-state index contributed by atoms with van der Waals surface area (Å²) in [5.41, 5.74) is 1.77. The van der Waals surface area contributed by atoms with E-state index in [0.717, 1.165) is 29.2 Å². The van der Waals surface area contributed by atoms with Crippen LogP contribution >= 0.6 is 23.4 Å². The summed E-state index contributed by atoms with van der Waals surface area (Å²) in [6.45, 7) is 0. The first-order valence-electron chi connectivity index (χ1n) is 6.43. The van der Waals surface area contributed by atoms with Crippen LogP contribution < -0.4 is 4.90 Å². The van der Waals surface area contributed by atoms with Crippen LogP contribution in [-0.4, -0.2) is 35.7 Å². The molecule has 3 unspecified atom stereocenters. The molecule has 2 heterocycles. The second kappa shape index (κ2) is 4.91. The molecule has 2 aliphatic rings. The fourth-order valence-corrected chi connectivity index (χ4v) is 4.99. The van der Waals surface area contributed by atoms with Gasteiger partial charge in [0.15, 0.2) is 0 Å². The third-order valence-corrected chi connectivity index (χ3v) is 5.71. The first-order valence-corrected chi connectivity index (χ1v) is 7.96. The van der Waals surface area contributed by atoms with Crippen molar-refractivity contribution < 1.29 is 9.90 Å². The van der Waals surface area contributed by atoms with Crippen LogP contribution in [0, 0.1) is 5.92 Å². The highest BCUT2D eigenvalue weighted by Crippen LogP contribution is 2.48. The fraction of sp³-hybridized carbons (Fsp3) is 0.500. The Labute approximate surface area is 121 Å². The van der Waals surface area contributed by atoms with Crippen molar-refractivity contribution in [3.05, 3.63) is 28.8 Å². The molecule has 0 spiro atoms. The molecule has 19 heavy (non-hydrogen) atoms. The molecule has 0 aromatic heterocycles. The summed E-state index contributed by atoms with van der Waals surface area (Å²) in [4.78, 5) is 13.9. The summed E-state index contributed by atoms with van der Waals surface area (Å²) < 4.78 is 0. The number of carboxylic acid groups (broad SMARTS) is 1. The van der Waals surface area contributed by atoms with Gasteiger partial charge in [0.25, 0.3) is 0 Å². The van der Waals surface area contributed by atoms with E-state index in [1.165, 1.54) is 0 Å². The Balaban J connectivity index is 2.16. The maximum absolute atomic E-state index is 11.7. The molecule has 2 aliphatic heterocycles. The second-order valence-corrected chi connectivity index (χ2v) is 6.76. The molecule has 102 valence electrons. The van der Waals surface area contributed by atoms with Gasteiger partial charge in [-0.15, -0.1) is 0 Å². The van der Waals surface area contributed by atoms with E-state index in [-0.39, 0.29) is 12.0 Å². The summed E-state index contributed by atoms with van der Waals surface area (Å²) in [6.07, 6.45) is 1.03. The average Bonchev–Trinajstić information content (AvgIpc) is 2.38. The first kappa shape index (κ1) is 13.1. The lowest BCUT2D eigenvalue weighted by molar-refractivity contribution is -0.140. The minimum absolute atomic E-state index is 0.173. The third kappa shape index (κ3) is 2.01. The van der Waals surface area contributed by atoms with Crippen LogP contribution in [0.15, 0.2) is 18.2 Å². The highest BCUT2D eigenvalue weighted by Gasteiger charge is 2.45. The van der Waals surface area contributed by atoms with Gasteiger partial charge in [-0.3, -0.25) is 4.79 Å². The molecule has 0 amide bonds. The van der Waals surface area contributed by atoms with Gasteiger partial charge in [0, 0.05) is 19.0 Å². The van der Waals surface area contributed by atoms with E-state index >= 15 is 0 Å². The molecule has 0 bridgehead atoms. The molecule has 1 N–H and O–H groups in total. The minimum Gasteiger partial charge on any atom is -0.481 e. The predicted octanol–water partition coefficient (Wildman–Crippen LogP) is 3.08. The summed E-state index contributed by atoms with van der Waals surface area (Å²) in [6, 6.07) is 5.88. The van der Waals surface area contributed by atoms with Crippen LogP contribution in [0.2, 0.25) is 5.02 Å². The predicted molar refractivity (Wildman–Crippen MR) is 79.5 cm³/mol. The van der Waals surface area contributed by atoms with Gasteiger partial charge in [0.1, 0.15) is 0 Å². The van der Waals surface area contributed by atoms with Crippen molar-refractivity contribution in [3.63, 3.8) is 0 Å². The number of hydrogen-bond acceptors (Lipinski definition) is 3. The van der Waals surface area contributed by atoms with Crippen molar-refractivity contribution >= 4 is 35.0 Å². The normalized spacial score (nSPS) is 29.6. The Morgan fingerprint density at radius 3 is 3.05 bits per heavy atom. The highest BCUT2D eigenvalue weighted by molar-refractivity contribution is 7.99. The number of hydrogen-bond donors (Lipinski definition) is 1. The van der Waals surface area contributed by atoms with E-state index in [9.17, 15) is 9.90 Å². The van der Waals surface area contributed by atoms with Gasteiger partial charge in [-0.05, 0) is 29.6 Å². The van der Waals surface area contributed by atoms with Crippen molar-refractivity contribution in [3.8, 4) is 0 Å².